The highest BCUT2D eigenvalue weighted by Crippen LogP contribution is 2.27. The molecule has 27 heavy (non-hydrogen) atoms. The minimum atomic E-state index is 0.597. The summed E-state index contributed by atoms with van der Waals surface area (Å²) in [4.78, 5) is 9.68. The van der Waals surface area contributed by atoms with Gasteiger partial charge in [-0.1, -0.05) is 37.3 Å². The van der Waals surface area contributed by atoms with Gasteiger partial charge in [0, 0.05) is 25.7 Å². The molecule has 2 aliphatic heterocycles. The van der Waals surface area contributed by atoms with Crippen molar-refractivity contribution in [3.05, 3.63) is 42.1 Å². The van der Waals surface area contributed by atoms with Crippen LogP contribution in [0.4, 0.5) is 11.8 Å². The normalized spacial score (nSPS) is 21.4. The number of anilines is 2. The van der Waals surface area contributed by atoms with Crippen molar-refractivity contribution in [2.24, 2.45) is 5.92 Å². The maximum atomic E-state index is 4.91. The quantitative estimate of drug-likeness (QED) is 0.798. The van der Waals surface area contributed by atoms with Crippen molar-refractivity contribution in [1.29, 1.82) is 0 Å². The van der Waals surface area contributed by atoms with Crippen molar-refractivity contribution in [1.82, 2.24) is 15.2 Å². The molecule has 1 aromatic carbocycles. The highest BCUT2D eigenvalue weighted by atomic mass is 15.4. The van der Waals surface area contributed by atoms with Crippen LogP contribution in [0.3, 0.4) is 0 Å². The summed E-state index contributed by atoms with van der Waals surface area (Å²) in [7, 11) is 0. The summed E-state index contributed by atoms with van der Waals surface area (Å²) in [6.45, 7) is 5.42. The lowest BCUT2D eigenvalue weighted by Gasteiger charge is -2.36. The van der Waals surface area contributed by atoms with Crippen LogP contribution in [0.1, 0.15) is 51.0 Å². The van der Waals surface area contributed by atoms with Crippen molar-refractivity contribution in [3.63, 3.8) is 0 Å². The van der Waals surface area contributed by atoms with Gasteiger partial charge in [0.25, 0.3) is 0 Å². The zero-order valence-electron chi connectivity index (χ0n) is 16.4. The van der Waals surface area contributed by atoms with Crippen LogP contribution in [0.5, 0.6) is 0 Å². The first-order valence-electron chi connectivity index (χ1n) is 10.6. The zero-order valence-corrected chi connectivity index (χ0v) is 16.4. The fraction of sp³-hybridized carbons (Fsp3) is 0.591. The molecule has 4 rings (SSSR count). The minimum absolute atomic E-state index is 0.597. The number of hydrogen-bond acceptors (Lipinski definition) is 5. The predicted molar refractivity (Wildman–Crippen MR) is 110 cm³/mol. The Morgan fingerprint density at radius 1 is 1.00 bits per heavy atom. The van der Waals surface area contributed by atoms with Gasteiger partial charge >= 0.3 is 0 Å². The molecule has 5 nitrogen and oxygen atoms in total. The van der Waals surface area contributed by atoms with Gasteiger partial charge in [-0.25, -0.2) is 0 Å². The van der Waals surface area contributed by atoms with E-state index in [2.05, 4.69) is 57.3 Å². The summed E-state index contributed by atoms with van der Waals surface area (Å²) in [6, 6.07) is 11.4. The molecule has 2 aliphatic rings. The zero-order chi connectivity index (χ0) is 18.5. The Morgan fingerprint density at radius 2 is 1.81 bits per heavy atom. The van der Waals surface area contributed by atoms with E-state index in [1.165, 1.54) is 50.5 Å². The smallest absolute Gasteiger partial charge is 0.247 e. The van der Waals surface area contributed by atoms with Crippen LogP contribution in [0.25, 0.3) is 0 Å². The number of rotatable bonds is 5. The fourth-order valence-corrected chi connectivity index (χ4v) is 4.57. The molecule has 0 aliphatic carbocycles. The van der Waals surface area contributed by atoms with Gasteiger partial charge in [0.2, 0.25) is 5.95 Å². The standard InChI is InChI=1S/C22H31N5/c1-2-20-10-6-7-13-27(20)21-17-23-25-22(24-21)26-14-11-19(12-15-26)16-18-8-4-3-5-9-18/h3-5,8-9,17,19-20H,2,6-7,10-16H2,1H3. The van der Waals surface area contributed by atoms with Gasteiger partial charge in [0.15, 0.2) is 5.82 Å². The van der Waals surface area contributed by atoms with Gasteiger partial charge < -0.3 is 9.80 Å². The number of benzene rings is 1. The molecule has 2 fully saturated rings. The maximum Gasteiger partial charge on any atom is 0.247 e. The minimum Gasteiger partial charge on any atom is -0.352 e. The molecule has 0 amide bonds. The van der Waals surface area contributed by atoms with E-state index in [1.54, 1.807) is 0 Å². The monoisotopic (exact) mass is 365 g/mol. The van der Waals surface area contributed by atoms with E-state index in [4.69, 9.17) is 4.98 Å². The number of aromatic nitrogens is 3. The molecule has 0 spiro atoms. The van der Waals surface area contributed by atoms with E-state index in [9.17, 15) is 0 Å². The van der Waals surface area contributed by atoms with Crippen LogP contribution in [-0.4, -0.2) is 40.9 Å². The molecule has 0 saturated carbocycles. The number of piperidine rings is 2. The summed E-state index contributed by atoms with van der Waals surface area (Å²) in [5.41, 5.74) is 1.45. The second-order valence-corrected chi connectivity index (χ2v) is 7.99. The van der Waals surface area contributed by atoms with E-state index < -0.39 is 0 Å². The lowest BCUT2D eigenvalue weighted by molar-refractivity contribution is 0.399. The topological polar surface area (TPSA) is 45.2 Å². The van der Waals surface area contributed by atoms with Crippen LogP contribution in [-0.2, 0) is 6.42 Å². The molecule has 3 heterocycles. The van der Waals surface area contributed by atoms with E-state index in [0.717, 1.165) is 37.3 Å². The molecule has 0 N–H and O–H groups in total. The van der Waals surface area contributed by atoms with Gasteiger partial charge in [-0.2, -0.15) is 10.1 Å². The Kier molecular flexibility index (Phi) is 5.85. The summed E-state index contributed by atoms with van der Waals surface area (Å²) in [5.74, 6) is 2.58. The molecule has 1 aromatic heterocycles. The Morgan fingerprint density at radius 3 is 2.59 bits per heavy atom. The van der Waals surface area contributed by atoms with Gasteiger partial charge in [0.05, 0.1) is 6.20 Å². The molecule has 2 saturated heterocycles. The summed E-state index contributed by atoms with van der Waals surface area (Å²) in [6.07, 6.45) is 10.4. The van der Waals surface area contributed by atoms with Crippen molar-refractivity contribution < 1.29 is 0 Å². The lowest BCUT2D eigenvalue weighted by atomic mass is 9.90. The second-order valence-electron chi connectivity index (χ2n) is 7.99. The Balaban J connectivity index is 1.38. The van der Waals surface area contributed by atoms with Gasteiger partial charge in [-0.05, 0) is 56.4 Å². The average Bonchev–Trinajstić information content (AvgIpc) is 2.75. The molecular weight excluding hydrogens is 334 g/mol. The van der Waals surface area contributed by atoms with E-state index in [1.807, 2.05) is 6.20 Å². The van der Waals surface area contributed by atoms with Crippen molar-refractivity contribution in [3.8, 4) is 0 Å². The highest BCUT2D eigenvalue weighted by molar-refractivity contribution is 5.43. The predicted octanol–water partition coefficient (Wildman–Crippen LogP) is 4.10. The summed E-state index contributed by atoms with van der Waals surface area (Å²) in [5, 5.41) is 8.65. The Labute approximate surface area is 162 Å². The maximum absolute atomic E-state index is 4.91. The first-order valence-corrected chi connectivity index (χ1v) is 10.6. The Bertz CT molecular complexity index is 712. The summed E-state index contributed by atoms with van der Waals surface area (Å²) < 4.78 is 0. The second kappa shape index (κ2) is 8.68. The molecule has 1 unspecified atom stereocenters. The van der Waals surface area contributed by atoms with Gasteiger partial charge in [0.1, 0.15) is 0 Å². The Hall–Kier alpha value is -2.17. The molecule has 2 aromatic rings. The lowest BCUT2D eigenvalue weighted by Crippen LogP contribution is -2.40. The van der Waals surface area contributed by atoms with Crippen LogP contribution in [0, 0.1) is 5.92 Å². The highest BCUT2D eigenvalue weighted by Gasteiger charge is 2.25. The van der Waals surface area contributed by atoms with Crippen molar-refractivity contribution in [2.45, 2.75) is 57.9 Å². The van der Waals surface area contributed by atoms with Gasteiger partial charge in [-0.15, -0.1) is 5.10 Å². The molecule has 144 valence electrons. The summed E-state index contributed by atoms with van der Waals surface area (Å²) >= 11 is 0. The third kappa shape index (κ3) is 4.40. The molecule has 0 radical (unpaired) electrons. The fourth-order valence-electron chi connectivity index (χ4n) is 4.57. The first-order chi connectivity index (χ1) is 13.3. The van der Waals surface area contributed by atoms with E-state index in [-0.39, 0.29) is 0 Å². The van der Waals surface area contributed by atoms with E-state index in [0.29, 0.717) is 6.04 Å². The van der Waals surface area contributed by atoms with Crippen LogP contribution >= 0.6 is 0 Å². The molecular formula is C22H31N5. The van der Waals surface area contributed by atoms with E-state index >= 15 is 0 Å². The van der Waals surface area contributed by atoms with Gasteiger partial charge in [-0.3, -0.25) is 0 Å². The molecule has 1 atom stereocenters. The van der Waals surface area contributed by atoms with Crippen LogP contribution < -0.4 is 9.80 Å². The third-order valence-electron chi connectivity index (χ3n) is 6.19. The molecule has 0 bridgehead atoms. The SMILES string of the molecule is CCC1CCCCN1c1cnnc(N2CCC(Cc3ccccc3)CC2)n1. The number of nitrogens with zero attached hydrogens (tertiary/aromatic N) is 5. The largest absolute Gasteiger partial charge is 0.352 e. The first kappa shape index (κ1) is 18.2. The molecule has 5 heteroatoms. The van der Waals surface area contributed by atoms with Crippen molar-refractivity contribution >= 4 is 11.8 Å². The third-order valence-corrected chi connectivity index (χ3v) is 6.19. The van der Waals surface area contributed by atoms with Crippen LogP contribution in [0.2, 0.25) is 0 Å². The average molecular weight is 366 g/mol. The van der Waals surface area contributed by atoms with Crippen LogP contribution in [0.15, 0.2) is 36.5 Å². The van der Waals surface area contributed by atoms with Crippen molar-refractivity contribution in [2.75, 3.05) is 29.4 Å². The number of hydrogen-bond donors (Lipinski definition) is 0.